The molecule has 0 N–H and O–H groups in total. The molecule has 3 rings (SSSR count). The number of nitrogens with zero attached hydrogens (tertiary/aromatic N) is 1. The number of thiophene rings is 1. The highest BCUT2D eigenvalue weighted by Crippen LogP contribution is 2.25. The van der Waals surface area contributed by atoms with Gasteiger partial charge in [0.1, 0.15) is 0 Å². The molecule has 0 unspecified atom stereocenters. The molecule has 94 valence electrons. The maximum atomic E-state index is 11.8. The number of carbonyl (C=O) groups excluding carboxylic acids is 1. The largest absolute Gasteiger partial charge is 0.346 e. The molecule has 0 saturated carbocycles. The van der Waals surface area contributed by atoms with Gasteiger partial charge in [0.05, 0.1) is 6.54 Å². The third-order valence-electron chi connectivity index (χ3n) is 3.73. The summed E-state index contributed by atoms with van der Waals surface area (Å²) in [5.41, 5.74) is 3.63. The van der Waals surface area contributed by atoms with E-state index in [9.17, 15) is 4.79 Å². The van der Waals surface area contributed by atoms with E-state index < -0.39 is 0 Å². The fourth-order valence-electron chi connectivity index (χ4n) is 2.71. The number of hydrogen-bond acceptors (Lipinski definition) is 2. The van der Waals surface area contributed by atoms with Crippen molar-refractivity contribution < 1.29 is 4.79 Å². The summed E-state index contributed by atoms with van der Waals surface area (Å²) in [4.78, 5) is 13.2. The van der Waals surface area contributed by atoms with Crippen molar-refractivity contribution >= 4 is 17.1 Å². The molecule has 2 aromatic heterocycles. The number of aryl methyl sites for hydroxylation is 1. The van der Waals surface area contributed by atoms with Gasteiger partial charge in [-0.2, -0.15) is 0 Å². The zero-order valence-electron chi connectivity index (χ0n) is 10.6. The van der Waals surface area contributed by atoms with Crippen molar-refractivity contribution in [2.24, 2.45) is 0 Å². The average Bonchev–Trinajstić information content (AvgIpc) is 2.98. The van der Waals surface area contributed by atoms with Crippen LogP contribution in [0.15, 0.2) is 23.7 Å². The summed E-state index contributed by atoms with van der Waals surface area (Å²) >= 11 is 1.82. The normalized spacial score (nSPS) is 14.8. The number of aromatic nitrogens is 1. The summed E-state index contributed by atoms with van der Waals surface area (Å²) in [6, 6.07) is 4.21. The van der Waals surface area contributed by atoms with Gasteiger partial charge in [0.2, 0.25) is 0 Å². The summed E-state index contributed by atoms with van der Waals surface area (Å²) in [6.07, 6.45) is 5.92. The summed E-state index contributed by atoms with van der Waals surface area (Å²) in [5, 5.41) is 2.16. The Bertz CT molecular complexity index is 579. The van der Waals surface area contributed by atoms with Crippen molar-refractivity contribution in [3.05, 3.63) is 45.4 Å². The molecule has 1 aliphatic carbocycles. The fourth-order valence-corrected chi connectivity index (χ4v) is 3.69. The van der Waals surface area contributed by atoms with Crippen molar-refractivity contribution in [1.29, 1.82) is 0 Å². The highest BCUT2D eigenvalue weighted by atomic mass is 32.1. The lowest BCUT2D eigenvalue weighted by Gasteiger charge is -2.15. The minimum absolute atomic E-state index is 0.317. The van der Waals surface area contributed by atoms with Crippen molar-refractivity contribution in [1.82, 2.24) is 4.57 Å². The van der Waals surface area contributed by atoms with Crippen LogP contribution in [0.4, 0.5) is 0 Å². The van der Waals surface area contributed by atoms with E-state index in [1.807, 2.05) is 17.4 Å². The first kappa shape index (κ1) is 11.7. The Kier molecular flexibility index (Phi) is 3.08. The maximum Gasteiger partial charge on any atom is 0.164 e. The second-order valence-corrected chi connectivity index (χ2v) is 5.80. The standard InChI is InChI=1S/C15H17NOS/c1-2-11-7-9-18-15(11)10-16-8-6-12-13(16)4-3-5-14(12)17/h6-9H,2-5,10H2,1H3. The Balaban J connectivity index is 1.92. The molecule has 3 heteroatoms. The van der Waals surface area contributed by atoms with Crippen LogP contribution in [0.1, 0.15) is 46.3 Å². The first-order chi connectivity index (χ1) is 8.79. The molecule has 0 aliphatic heterocycles. The van der Waals surface area contributed by atoms with Gasteiger partial charge in [0.15, 0.2) is 5.78 Å². The average molecular weight is 259 g/mol. The summed E-state index contributed by atoms with van der Waals surface area (Å²) in [5.74, 6) is 0.317. The van der Waals surface area contributed by atoms with E-state index in [4.69, 9.17) is 0 Å². The van der Waals surface area contributed by atoms with E-state index in [1.54, 1.807) is 0 Å². The topological polar surface area (TPSA) is 22.0 Å². The third kappa shape index (κ3) is 1.93. The highest BCUT2D eigenvalue weighted by molar-refractivity contribution is 7.10. The quantitative estimate of drug-likeness (QED) is 0.824. The van der Waals surface area contributed by atoms with Gasteiger partial charge >= 0.3 is 0 Å². The van der Waals surface area contributed by atoms with E-state index in [1.165, 1.54) is 16.1 Å². The van der Waals surface area contributed by atoms with Crippen LogP contribution >= 0.6 is 11.3 Å². The summed E-state index contributed by atoms with van der Waals surface area (Å²) in [6.45, 7) is 3.11. The minimum atomic E-state index is 0.317. The predicted octanol–water partition coefficient (Wildman–Crippen LogP) is 3.68. The van der Waals surface area contributed by atoms with E-state index >= 15 is 0 Å². The Morgan fingerprint density at radius 1 is 1.33 bits per heavy atom. The number of hydrogen-bond donors (Lipinski definition) is 0. The molecule has 0 fully saturated rings. The molecule has 0 amide bonds. The van der Waals surface area contributed by atoms with Crippen LogP contribution in [-0.2, 0) is 19.4 Å². The number of carbonyl (C=O) groups is 1. The molecule has 0 spiro atoms. The Hall–Kier alpha value is -1.35. The van der Waals surface area contributed by atoms with Gasteiger partial charge in [-0.25, -0.2) is 0 Å². The minimum Gasteiger partial charge on any atom is -0.346 e. The van der Waals surface area contributed by atoms with Crippen molar-refractivity contribution in [2.75, 3.05) is 0 Å². The first-order valence-electron chi connectivity index (χ1n) is 6.56. The van der Waals surface area contributed by atoms with Crippen LogP contribution in [0, 0.1) is 0 Å². The maximum absolute atomic E-state index is 11.8. The van der Waals surface area contributed by atoms with Crippen LogP contribution in [0.3, 0.4) is 0 Å². The second kappa shape index (κ2) is 4.73. The van der Waals surface area contributed by atoms with Crippen LogP contribution in [-0.4, -0.2) is 10.4 Å². The molecular weight excluding hydrogens is 242 g/mol. The number of Topliss-reactive ketones (excluding diaryl/α,β-unsaturated/α-hetero) is 1. The Morgan fingerprint density at radius 3 is 3.06 bits per heavy atom. The van der Waals surface area contributed by atoms with Gasteiger partial charge in [-0.15, -0.1) is 11.3 Å². The van der Waals surface area contributed by atoms with Gasteiger partial charge in [-0.3, -0.25) is 4.79 Å². The SMILES string of the molecule is CCc1ccsc1Cn1ccc2c1CCCC2=O. The van der Waals surface area contributed by atoms with Gasteiger partial charge in [-0.1, -0.05) is 6.92 Å². The monoisotopic (exact) mass is 259 g/mol. The molecule has 0 bridgehead atoms. The zero-order chi connectivity index (χ0) is 12.5. The molecule has 1 aliphatic rings. The van der Waals surface area contributed by atoms with E-state index in [0.717, 1.165) is 37.8 Å². The second-order valence-electron chi connectivity index (χ2n) is 4.80. The molecule has 2 nitrogen and oxygen atoms in total. The van der Waals surface area contributed by atoms with Crippen LogP contribution < -0.4 is 0 Å². The molecule has 2 aromatic rings. The van der Waals surface area contributed by atoms with Gasteiger partial charge in [0.25, 0.3) is 0 Å². The fraction of sp³-hybridized carbons (Fsp3) is 0.400. The lowest BCUT2D eigenvalue weighted by Crippen LogP contribution is -2.13. The highest BCUT2D eigenvalue weighted by Gasteiger charge is 2.20. The summed E-state index contributed by atoms with van der Waals surface area (Å²) in [7, 11) is 0. The predicted molar refractivity (Wildman–Crippen MR) is 74.5 cm³/mol. The smallest absolute Gasteiger partial charge is 0.164 e. The molecule has 0 atom stereocenters. The molecule has 0 radical (unpaired) electrons. The lowest BCUT2D eigenvalue weighted by atomic mass is 9.97. The number of rotatable bonds is 3. The molecule has 18 heavy (non-hydrogen) atoms. The zero-order valence-corrected chi connectivity index (χ0v) is 11.4. The van der Waals surface area contributed by atoms with E-state index in [2.05, 4.69) is 29.1 Å². The van der Waals surface area contributed by atoms with E-state index in [0.29, 0.717) is 5.78 Å². The molecule has 0 saturated heterocycles. The van der Waals surface area contributed by atoms with Crippen LogP contribution in [0.5, 0.6) is 0 Å². The lowest BCUT2D eigenvalue weighted by molar-refractivity contribution is 0.0972. The third-order valence-corrected chi connectivity index (χ3v) is 4.68. The van der Waals surface area contributed by atoms with Gasteiger partial charge < -0.3 is 4.57 Å². The van der Waals surface area contributed by atoms with Crippen LogP contribution in [0.25, 0.3) is 0 Å². The first-order valence-corrected chi connectivity index (χ1v) is 7.44. The molecular formula is C15H17NOS. The number of fused-ring (bicyclic) bond motifs is 1. The Labute approximate surface area is 111 Å². The molecule has 2 heterocycles. The van der Waals surface area contributed by atoms with E-state index in [-0.39, 0.29) is 0 Å². The molecule has 0 aromatic carbocycles. The Morgan fingerprint density at radius 2 is 2.22 bits per heavy atom. The van der Waals surface area contributed by atoms with Gasteiger partial charge in [0, 0.05) is 28.8 Å². The van der Waals surface area contributed by atoms with Crippen molar-refractivity contribution in [3.8, 4) is 0 Å². The van der Waals surface area contributed by atoms with Crippen molar-refractivity contribution in [2.45, 2.75) is 39.2 Å². The van der Waals surface area contributed by atoms with Gasteiger partial charge in [-0.05, 0) is 42.3 Å². The number of ketones is 1. The van der Waals surface area contributed by atoms with Crippen LogP contribution in [0.2, 0.25) is 0 Å². The van der Waals surface area contributed by atoms with Crippen molar-refractivity contribution in [3.63, 3.8) is 0 Å². The summed E-state index contributed by atoms with van der Waals surface area (Å²) < 4.78 is 2.26.